The van der Waals surface area contributed by atoms with Gasteiger partial charge in [-0.05, 0) is 49.1 Å². The predicted octanol–water partition coefficient (Wildman–Crippen LogP) is 4.04. The van der Waals surface area contributed by atoms with Crippen LogP contribution in [0.15, 0.2) is 57.8 Å². The lowest BCUT2D eigenvalue weighted by Gasteiger charge is -2.04. The molecular weight excluding hydrogens is 350 g/mol. The van der Waals surface area contributed by atoms with Crippen LogP contribution >= 0.6 is 11.8 Å². The second kappa shape index (κ2) is 8.53. The monoisotopic (exact) mass is 369 g/mol. The molecule has 1 amide bonds. The fourth-order valence-corrected chi connectivity index (χ4v) is 2.83. The van der Waals surface area contributed by atoms with E-state index >= 15 is 0 Å². The second-order valence-corrected chi connectivity index (χ2v) is 6.33. The molecule has 0 saturated heterocycles. The Kier molecular flexibility index (Phi) is 5.91. The molecule has 1 N–H and O–H groups in total. The maximum absolute atomic E-state index is 12.2. The molecule has 0 unspecified atom stereocenters. The van der Waals surface area contributed by atoms with E-state index in [1.165, 1.54) is 0 Å². The third kappa shape index (κ3) is 4.64. The summed E-state index contributed by atoms with van der Waals surface area (Å²) in [6.07, 6.45) is 2.21. The summed E-state index contributed by atoms with van der Waals surface area (Å²) < 4.78 is 10.9. The molecule has 0 saturated carbocycles. The summed E-state index contributed by atoms with van der Waals surface area (Å²) >= 11 is 1.63. The molecule has 0 spiro atoms. The molecule has 0 fully saturated rings. The van der Waals surface area contributed by atoms with Crippen molar-refractivity contribution in [3.8, 4) is 17.2 Å². The minimum absolute atomic E-state index is 0.0884. The van der Waals surface area contributed by atoms with Crippen LogP contribution in [-0.2, 0) is 11.2 Å². The summed E-state index contributed by atoms with van der Waals surface area (Å²) in [4.78, 5) is 13.3. The number of nitrogens with one attached hydrogen (secondary N) is 1. The van der Waals surface area contributed by atoms with Crippen molar-refractivity contribution in [2.24, 2.45) is 0 Å². The molecule has 0 aliphatic heterocycles. The Morgan fingerprint density at radius 2 is 2.00 bits per heavy atom. The van der Waals surface area contributed by atoms with Crippen molar-refractivity contribution >= 4 is 23.7 Å². The van der Waals surface area contributed by atoms with Crippen molar-refractivity contribution < 1.29 is 13.9 Å². The van der Waals surface area contributed by atoms with Crippen LogP contribution in [-0.4, -0.2) is 29.0 Å². The smallest absolute Gasteiger partial charge is 0.322 e. The first kappa shape index (κ1) is 18.0. The van der Waals surface area contributed by atoms with Crippen LogP contribution in [0.1, 0.15) is 12.5 Å². The van der Waals surface area contributed by atoms with Gasteiger partial charge in [0.2, 0.25) is 11.8 Å². The van der Waals surface area contributed by atoms with E-state index in [4.69, 9.17) is 9.15 Å². The van der Waals surface area contributed by atoms with Crippen molar-refractivity contribution in [2.75, 3.05) is 18.2 Å². The average molecular weight is 369 g/mol. The van der Waals surface area contributed by atoms with Gasteiger partial charge in [-0.2, -0.15) is 0 Å². The third-order valence-electron chi connectivity index (χ3n) is 3.59. The van der Waals surface area contributed by atoms with E-state index in [9.17, 15) is 4.79 Å². The van der Waals surface area contributed by atoms with Crippen LogP contribution in [0.5, 0.6) is 5.75 Å². The number of benzene rings is 2. The first-order valence-electron chi connectivity index (χ1n) is 8.17. The molecule has 3 aromatic rings. The highest BCUT2D eigenvalue weighted by Gasteiger charge is 2.12. The molecule has 7 heteroatoms. The Bertz CT molecular complexity index is 878. The van der Waals surface area contributed by atoms with Crippen LogP contribution in [0.25, 0.3) is 11.5 Å². The maximum atomic E-state index is 12.2. The third-order valence-corrected chi connectivity index (χ3v) is 4.31. The molecule has 2 aromatic carbocycles. The number of carbonyl (C=O) groups is 1. The summed E-state index contributed by atoms with van der Waals surface area (Å²) in [7, 11) is 0. The van der Waals surface area contributed by atoms with Crippen molar-refractivity contribution in [3.63, 3.8) is 0 Å². The minimum Gasteiger partial charge on any atom is -0.494 e. The molecule has 0 radical (unpaired) electrons. The average Bonchev–Trinajstić information content (AvgIpc) is 3.12. The zero-order valence-electron chi connectivity index (χ0n) is 14.6. The first-order valence-corrected chi connectivity index (χ1v) is 9.40. The molecule has 26 heavy (non-hydrogen) atoms. The van der Waals surface area contributed by atoms with E-state index in [-0.39, 0.29) is 18.3 Å². The largest absolute Gasteiger partial charge is 0.494 e. The molecule has 3 rings (SSSR count). The Labute approximate surface area is 156 Å². The van der Waals surface area contributed by atoms with E-state index in [0.29, 0.717) is 12.5 Å². The number of nitrogens with zero attached hydrogens (tertiary/aromatic N) is 2. The van der Waals surface area contributed by atoms with Gasteiger partial charge in [-0.3, -0.25) is 10.1 Å². The van der Waals surface area contributed by atoms with Gasteiger partial charge < -0.3 is 9.15 Å². The standard InChI is InChI=1S/C19H19N3O3S/c1-3-24-15-9-7-13(8-10-15)11-17(23)20-19-22-21-18(25-19)14-5-4-6-16(12-14)26-2/h4-10,12H,3,11H2,1-2H3,(H,20,22,23). The molecule has 0 aliphatic rings. The molecule has 6 nitrogen and oxygen atoms in total. The van der Waals surface area contributed by atoms with Gasteiger partial charge in [-0.25, -0.2) is 0 Å². The van der Waals surface area contributed by atoms with Crippen LogP contribution in [0.3, 0.4) is 0 Å². The molecular formula is C19H19N3O3S. The Morgan fingerprint density at radius 3 is 2.73 bits per heavy atom. The molecule has 0 bridgehead atoms. The van der Waals surface area contributed by atoms with Gasteiger partial charge >= 0.3 is 6.01 Å². The number of amides is 1. The lowest BCUT2D eigenvalue weighted by Crippen LogP contribution is -2.14. The van der Waals surface area contributed by atoms with Gasteiger partial charge in [0, 0.05) is 10.5 Å². The molecule has 0 atom stereocenters. The van der Waals surface area contributed by atoms with E-state index < -0.39 is 0 Å². The van der Waals surface area contributed by atoms with Crippen LogP contribution in [0, 0.1) is 0 Å². The number of hydrogen-bond donors (Lipinski definition) is 1. The minimum atomic E-state index is -0.220. The Balaban J connectivity index is 1.62. The Hall–Kier alpha value is -2.80. The number of carbonyl (C=O) groups excluding carboxylic acids is 1. The van der Waals surface area contributed by atoms with Crippen molar-refractivity contribution in [1.82, 2.24) is 10.2 Å². The lowest BCUT2D eigenvalue weighted by atomic mass is 10.1. The van der Waals surface area contributed by atoms with Crippen molar-refractivity contribution in [3.05, 3.63) is 54.1 Å². The second-order valence-electron chi connectivity index (χ2n) is 5.45. The SMILES string of the molecule is CCOc1ccc(CC(=O)Nc2nnc(-c3cccc(SC)c3)o2)cc1. The zero-order valence-corrected chi connectivity index (χ0v) is 15.4. The molecule has 134 valence electrons. The number of hydrogen-bond acceptors (Lipinski definition) is 6. The van der Waals surface area contributed by atoms with Crippen LogP contribution in [0.4, 0.5) is 6.01 Å². The van der Waals surface area contributed by atoms with E-state index in [1.807, 2.05) is 61.7 Å². The number of aromatic nitrogens is 2. The molecule has 1 aromatic heterocycles. The van der Waals surface area contributed by atoms with Gasteiger partial charge in [0.25, 0.3) is 0 Å². The van der Waals surface area contributed by atoms with Crippen LogP contribution < -0.4 is 10.1 Å². The van der Waals surface area contributed by atoms with Crippen LogP contribution in [0.2, 0.25) is 0 Å². The van der Waals surface area contributed by atoms with E-state index in [2.05, 4.69) is 15.5 Å². The van der Waals surface area contributed by atoms with E-state index in [1.54, 1.807) is 11.8 Å². The normalized spacial score (nSPS) is 10.5. The first-order chi connectivity index (χ1) is 12.7. The maximum Gasteiger partial charge on any atom is 0.322 e. The topological polar surface area (TPSA) is 77.2 Å². The van der Waals surface area contributed by atoms with Gasteiger partial charge in [0.1, 0.15) is 5.75 Å². The summed E-state index contributed by atoms with van der Waals surface area (Å²) in [6.45, 7) is 2.54. The van der Waals surface area contributed by atoms with Gasteiger partial charge in [-0.15, -0.1) is 16.9 Å². The number of anilines is 1. The number of thioether (sulfide) groups is 1. The van der Waals surface area contributed by atoms with Gasteiger partial charge in [0.05, 0.1) is 13.0 Å². The summed E-state index contributed by atoms with van der Waals surface area (Å²) in [5.41, 5.74) is 1.69. The molecule has 0 aliphatic carbocycles. The zero-order chi connectivity index (χ0) is 18.4. The van der Waals surface area contributed by atoms with Crippen molar-refractivity contribution in [1.29, 1.82) is 0 Å². The Morgan fingerprint density at radius 1 is 1.19 bits per heavy atom. The quantitative estimate of drug-likeness (QED) is 0.634. The highest BCUT2D eigenvalue weighted by atomic mass is 32.2. The molecule has 1 heterocycles. The summed E-state index contributed by atoms with van der Waals surface area (Å²) in [5.74, 6) is 0.935. The predicted molar refractivity (Wildman–Crippen MR) is 101 cm³/mol. The van der Waals surface area contributed by atoms with Gasteiger partial charge in [-0.1, -0.05) is 23.3 Å². The lowest BCUT2D eigenvalue weighted by molar-refractivity contribution is -0.115. The summed E-state index contributed by atoms with van der Waals surface area (Å²) in [6, 6.07) is 15.3. The fraction of sp³-hybridized carbons (Fsp3) is 0.211. The van der Waals surface area contributed by atoms with Gasteiger partial charge in [0.15, 0.2) is 0 Å². The highest BCUT2D eigenvalue weighted by molar-refractivity contribution is 7.98. The summed E-state index contributed by atoms with van der Waals surface area (Å²) in [5, 5.41) is 10.5. The van der Waals surface area contributed by atoms with Crippen molar-refractivity contribution in [2.45, 2.75) is 18.2 Å². The van der Waals surface area contributed by atoms with E-state index in [0.717, 1.165) is 21.8 Å². The highest BCUT2D eigenvalue weighted by Crippen LogP contribution is 2.24. The fourth-order valence-electron chi connectivity index (χ4n) is 2.37. The number of rotatable bonds is 7. The number of ether oxygens (including phenoxy) is 1.